The van der Waals surface area contributed by atoms with Gasteiger partial charge < -0.3 is 9.47 Å². The summed E-state index contributed by atoms with van der Waals surface area (Å²) in [4.78, 5) is 23.4. The predicted octanol–water partition coefficient (Wildman–Crippen LogP) is 2.84. The van der Waals surface area contributed by atoms with E-state index in [-0.39, 0.29) is 17.6 Å². The van der Waals surface area contributed by atoms with Crippen LogP contribution in [-0.2, 0) is 9.53 Å². The minimum absolute atomic E-state index is 0.162. The van der Waals surface area contributed by atoms with Gasteiger partial charge in [-0.1, -0.05) is 23.1 Å². The van der Waals surface area contributed by atoms with Crippen LogP contribution in [-0.4, -0.2) is 41.0 Å². The molecule has 2 aromatic rings. The highest BCUT2D eigenvalue weighted by atomic mass is 32.2. The third kappa shape index (κ3) is 5.50. The van der Waals surface area contributed by atoms with E-state index in [0.29, 0.717) is 34.0 Å². The highest BCUT2D eigenvalue weighted by molar-refractivity contribution is 8.01. The van der Waals surface area contributed by atoms with Crippen LogP contribution in [0.1, 0.15) is 24.2 Å². The van der Waals surface area contributed by atoms with E-state index >= 15 is 0 Å². The Morgan fingerprint density at radius 1 is 1.17 bits per heavy atom. The number of rotatable bonds is 8. The zero-order chi connectivity index (χ0) is 17.4. The Morgan fingerprint density at radius 3 is 2.58 bits per heavy atom. The van der Waals surface area contributed by atoms with Gasteiger partial charge in [-0.3, -0.25) is 14.9 Å². The number of nitrogens with one attached hydrogen (secondary N) is 1. The minimum Gasteiger partial charge on any atom is -0.494 e. The number of esters is 1. The normalized spacial score (nSPS) is 10.2. The number of carbonyl (C=O) groups excluding carboxylic acids is 2. The summed E-state index contributed by atoms with van der Waals surface area (Å²) in [6.07, 6.45) is 0. The van der Waals surface area contributed by atoms with Crippen molar-refractivity contribution in [1.29, 1.82) is 0 Å². The summed E-state index contributed by atoms with van der Waals surface area (Å²) in [5.41, 5.74) is 0.495. The van der Waals surface area contributed by atoms with E-state index in [4.69, 9.17) is 9.47 Å². The second kappa shape index (κ2) is 9.24. The van der Waals surface area contributed by atoms with Crippen molar-refractivity contribution in [1.82, 2.24) is 10.2 Å². The Hall–Kier alpha value is -2.13. The molecule has 0 aliphatic rings. The lowest BCUT2D eigenvalue weighted by molar-refractivity contribution is -0.139. The predicted molar refractivity (Wildman–Crippen MR) is 92.8 cm³/mol. The molecule has 24 heavy (non-hydrogen) atoms. The Kier molecular flexibility index (Phi) is 7.01. The second-order valence-electron chi connectivity index (χ2n) is 4.38. The maximum Gasteiger partial charge on any atom is 0.316 e. The number of hydrogen-bond acceptors (Lipinski definition) is 8. The number of ether oxygens (including phenoxy) is 2. The van der Waals surface area contributed by atoms with Gasteiger partial charge in [-0.25, -0.2) is 0 Å². The van der Waals surface area contributed by atoms with Crippen molar-refractivity contribution in [2.24, 2.45) is 0 Å². The van der Waals surface area contributed by atoms with E-state index < -0.39 is 0 Å². The van der Waals surface area contributed by atoms with Crippen LogP contribution >= 0.6 is 23.1 Å². The molecule has 0 atom stereocenters. The summed E-state index contributed by atoms with van der Waals surface area (Å²) in [7, 11) is 0. The molecule has 9 heteroatoms. The van der Waals surface area contributed by atoms with Crippen LogP contribution in [0.25, 0.3) is 0 Å². The summed E-state index contributed by atoms with van der Waals surface area (Å²) >= 11 is 2.43. The molecule has 0 aliphatic carbocycles. The van der Waals surface area contributed by atoms with Crippen LogP contribution in [0, 0.1) is 0 Å². The molecule has 0 aliphatic heterocycles. The summed E-state index contributed by atoms with van der Waals surface area (Å²) in [5, 5.41) is 10.9. The standard InChI is InChI=1S/C15H17N3O4S2/c1-3-21-11-7-5-10(6-8-11)13(20)16-14-17-18-15(24-14)23-9-12(19)22-4-2/h5-8H,3-4,9H2,1-2H3,(H,16,17,20). The van der Waals surface area contributed by atoms with Gasteiger partial charge in [0, 0.05) is 5.56 Å². The van der Waals surface area contributed by atoms with Crippen LogP contribution in [0.15, 0.2) is 28.6 Å². The fourth-order valence-electron chi connectivity index (χ4n) is 1.68. The first-order chi connectivity index (χ1) is 11.6. The van der Waals surface area contributed by atoms with Crippen molar-refractivity contribution >= 4 is 40.1 Å². The van der Waals surface area contributed by atoms with E-state index in [0.717, 1.165) is 0 Å². The summed E-state index contributed by atoms with van der Waals surface area (Å²) < 4.78 is 10.8. The number of aromatic nitrogens is 2. The zero-order valence-electron chi connectivity index (χ0n) is 13.3. The van der Waals surface area contributed by atoms with Gasteiger partial charge in [0.2, 0.25) is 5.13 Å². The number of benzene rings is 1. The van der Waals surface area contributed by atoms with Crippen LogP contribution in [0.3, 0.4) is 0 Å². The van der Waals surface area contributed by atoms with Crippen molar-refractivity contribution < 1.29 is 19.1 Å². The van der Waals surface area contributed by atoms with Gasteiger partial charge in [-0.15, -0.1) is 10.2 Å². The maximum atomic E-state index is 12.1. The fraction of sp³-hybridized carbons (Fsp3) is 0.333. The van der Waals surface area contributed by atoms with E-state index in [1.165, 1.54) is 23.1 Å². The van der Waals surface area contributed by atoms with Crippen molar-refractivity contribution in [3.8, 4) is 5.75 Å². The van der Waals surface area contributed by atoms with Crippen LogP contribution in [0.2, 0.25) is 0 Å². The zero-order valence-corrected chi connectivity index (χ0v) is 14.9. The van der Waals surface area contributed by atoms with E-state index in [9.17, 15) is 9.59 Å². The molecule has 0 unspecified atom stereocenters. The van der Waals surface area contributed by atoms with Gasteiger partial charge in [-0.2, -0.15) is 0 Å². The molecule has 1 N–H and O–H groups in total. The Bertz CT molecular complexity index is 688. The number of thioether (sulfide) groups is 1. The third-order valence-electron chi connectivity index (χ3n) is 2.67. The van der Waals surface area contributed by atoms with Crippen molar-refractivity contribution in [2.45, 2.75) is 18.2 Å². The molecule has 128 valence electrons. The lowest BCUT2D eigenvalue weighted by Crippen LogP contribution is -2.11. The highest BCUT2D eigenvalue weighted by Gasteiger charge is 2.12. The minimum atomic E-state index is -0.308. The number of amides is 1. The van der Waals surface area contributed by atoms with Crippen molar-refractivity contribution in [3.63, 3.8) is 0 Å². The van der Waals surface area contributed by atoms with Crippen molar-refractivity contribution in [3.05, 3.63) is 29.8 Å². The highest BCUT2D eigenvalue weighted by Crippen LogP contribution is 2.26. The van der Waals surface area contributed by atoms with Gasteiger partial charge >= 0.3 is 5.97 Å². The Labute approximate surface area is 147 Å². The topological polar surface area (TPSA) is 90.4 Å². The summed E-state index contributed by atoms with van der Waals surface area (Å²) in [5.74, 6) is 0.284. The van der Waals surface area contributed by atoms with Crippen LogP contribution < -0.4 is 10.1 Å². The molecule has 1 amide bonds. The quantitative estimate of drug-likeness (QED) is 0.436. The monoisotopic (exact) mass is 367 g/mol. The third-order valence-corrected chi connectivity index (χ3v) is 4.62. The smallest absolute Gasteiger partial charge is 0.316 e. The van der Waals surface area contributed by atoms with Crippen molar-refractivity contribution in [2.75, 3.05) is 24.3 Å². The molecule has 1 heterocycles. The van der Waals surface area contributed by atoms with E-state index in [1.807, 2.05) is 6.92 Å². The lowest BCUT2D eigenvalue weighted by Gasteiger charge is -2.04. The average molecular weight is 367 g/mol. The Balaban J connectivity index is 1.89. The van der Waals surface area contributed by atoms with Crippen LogP contribution in [0.4, 0.5) is 5.13 Å². The number of carbonyl (C=O) groups is 2. The SMILES string of the molecule is CCOC(=O)CSc1nnc(NC(=O)c2ccc(OCC)cc2)s1. The molecular formula is C15H17N3O4S2. The first kappa shape index (κ1) is 18.2. The molecule has 0 radical (unpaired) electrons. The number of nitrogens with zero attached hydrogens (tertiary/aromatic N) is 2. The molecular weight excluding hydrogens is 350 g/mol. The molecule has 1 aromatic heterocycles. The summed E-state index contributed by atoms with van der Waals surface area (Å²) in [6.45, 7) is 4.57. The Morgan fingerprint density at radius 2 is 1.92 bits per heavy atom. The molecule has 1 aromatic carbocycles. The molecule has 0 bridgehead atoms. The maximum absolute atomic E-state index is 12.1. The molecule has 7 nitrogen and oxygen atoms in total. The van der Waals surface area contributed by atoms with Gasteiger partial charge in [0.05, 0.1) is 19.0 Å². The first-order valence-corrected chi connectivity index (χ1v) is 9.08. The average Bonchev–Trinajstić information content (AvgIpc) is 3.02. The molecule has 0 saturated heterocycles. The van der Waals surface area contributed by atoms with Gasteiger partial charge in [0.15, 0.2) is 4.34 Å². The largest absolute Gasteiger partial charge is 0.494 e. The second-order valence-corrected chi connectivity index (χ2v) is 6.58. The van der Waals surface area contributed by atoms with E-state index in [1.54, 1.807) is 31.2 Å². The van der Waals surface area contributed by atoms with Gasteiger partial charge in [0.25, 0.3) is 5.91 Å². The molecule has 0 saturated carbocycles. The fourth-order valence-corrected chi connectivity index (χ4v) is 3.23. The number of hydrogen-bond donors (Lipinski definition) is 1. The lowest BCUT2D eigenvalue weighted by atomic mass is 10.2. The van der Waals surface area contributed by atoms with E-state index in [2.05, 4.69) is 15.5 Å². The van der Waals surface area contributed by atoms with Crippen LogP contribution in [0.5, 0.6) is 5.75 Å². The van der Waals surface area contributed by atoms with Gasteiger partial charge in [0.1, 0.15) is 5.75 Å². The molecule has 0 fully saturated rings. The first-order valence-electron chi connectivity index (χ1n) is 7.28. The van der Waals surface area contributed by atoms with Gasteiger partial charge in [-0.05, 0) is 38.1 Å². The number of anilines is 1. The molecule has 0 spiro atoms. The molecule has 2 rings (SSSR count). The summed E-state index contributed by atoms with van der Waals surface area (Å²) in [6, 6.07) is 6.83.